The number of rotatable bonds is 5. The predicted octanol–water partition coefficient (Wildman–Crippen LogP) is 5.02. The number of benzene rings is 2. The van der Waals surface area contributed by atoms with Crippen LogP contribution in [-0.4, -0.2) is 11.7 Å². The van der Waals surface area contributed by atoms with Gasteiger partial charge in [-0.2, -0.15) is 0 Å². The zero-order chi connectivity index (χ0) is 16.2. The van der Waals surface area contributed by atoms with Crippen LogP contribution in [0.15, 0.2) is 48.5 Å². The molecule has 1 aliphatic rings. The lowest BCUT2D eigenvalue weighted by molar-refractivity contribution is 0.103. The molecule has 3 rings (SSSR count). The van der Waals surface area contributed by atoms with Gasteiger partial charge >= 0.3 is 0 Å². The van der Waals surface area contributed by atoms with Crippen molar-refractivity contribution in [3.63, 3.8) is 0 Å². The standard InChI is InChI=1S/C21H19ClO/c1-2-15(9-7-8-14-22)20-16-10-3-5-12-18(16)21(23)19-13-6-4-11-17(19)20/h1,3-6,10-13,15,20H,7-9,14H2. The fraction of sp³-hybridized carbons (Fsp3) is 0.286. The van der Waals surface area contributed by atoms with Gasteiger partial charge in [0.1, 0.15) is 0 Å². The van der Waals surface area contributed by atoms with Gasteiger partial charge in [-0.25, -0.2) is 0 Å². The summed E-state index contributed by atoms with van der Waals surface area (Å²) in [6, 6.07) is 15.7. The molecule has 1 atom stereocenters. The Morgan fingerprint density at radius 2 is 1.57 bits per heavy atom. The maximum absolute atomic E-state index is 12.8. The fourth-order valence-electron chi connectivity index (χ4n) is 3.50. The number of fused-ring (bicyclic) bond motifs is 2. The molecule has 0 amide bonds. The third kappa shape index (κ3) is 2.92. The molecule has 23 heavy (non-hydrogen) atoms. The molecule has 0 N–H and O–H groups in total. The normalized spacial score (nSPS) is 14.7. The molecule has 2 aromatic rings. The quantitative estimate of drug-likeness (QED) is 0.429. The summed E-state index contributed by atoms with van der Waals surface area (Å²) >= 11 is 5.80. The van der Waals surface area contributed by atoms with E-state index in [4.69, 9.17) is 18.0 Å². The van der Waals surface area contributed by atoms with Crippen LogP contribution in [0.4, 0.5) is 0 Å². The summed E-state index contributed by atoms with van der Waals surface area (Å²) in [4.78, 5) is 12.8. The molecule has 0 heterocycles. The molecule has 0 spiro atoms. The third-order valence-electron chi connectivity index (χ3n) is 4.60. The van der Waals surface area contributed by atoms with E-state index in [0.717, 1.165) is 41.5 Å². The first kappa shape index (κ1) is 15.8. The lowest BCUT2D eigenvalue weighted by atomic mass is 9.71. The molecular formula is C21H19ClO. The van der Waals surface area contributed by atoms with E-state index in [1.54, 1.807) is 0 Å². The van der Waals surface area contributed by atoms with E-state index in [1.165, 1.54) is 0 Å². The second-order valence-corrected chi connectivity index (χ2v) is 6.32. The summed E-state index contributed by atoms with van der Waals surface area (Å²) in [5.74, 6) is 3.90. The highest BCUT2D eigenvalue weighted by Gasteiger charge is 2.34. The molecule has 0 aromatic heterocycles. The Morgan fingerprint density at radius 3 is 2.09 bits per heavy atom. The molecule has 1 unspecified atom stereocenters. The van der Waals surface area contributed by atoms with Crippen molar-refractivity contribution in [2.75, 3.05) is 5.88 Å². The van der Waals surface area contributed by atoms with Crippen molar-refractivity contribution in [2.24, 2.45) is 5.92 Å². The van der Waals surface area contributed by atoms with Crippen molar-refractivity contribution < 1.29 is 4.79 Å². The van der Waals surface area contributed by atoms with Crippen LogP contribution in [0, 0.1) is 18.3 Å². The van der Waals surface area contributed by atoms with E-state index >= 15 is 0 Å². The van der Waals surface area contributed by atoms with E-state index in [-0.39, 0.29) is 17.6 Å². The molecule has 2 aromatic carbocycles. The summed E-state index contributed by atoms with van der Waals surface area (Å²) in [6.07, 6.45) is 8.76. The molecular weight excluding hydrogens is 304 g/mol. The minimum atomic E-state index is 0.0774. The molecule has 2 heteroatoms. The van der Waals surface area contributed by atoms with Crippen molar-refractivity contribution in [2.45, 2.75) is 25.2 Å². The molecule has 1 aliphatic carbocycles. The van der Waals surface area contributed by atoms with Gasteiger partial charge in [0.2, 0.25) is 0 Å². The average Bonchev–Trinajstić information content (AvgIpc) is 2.60. The lowest BCUT2D eigenvalue weighted by Crippen LogP contribution is -2.24. The van der Waals surface area contributed by atoms with Crippen molar-refractivity contribution in [1.82, 2.24) is 0 Å². The minimum Gasteiger partial charge on any atom is -0.289 e. The van der Waals surface area contributed by atoms with Crippen LogP contribution < -0.4 is 0 Å². The summed E-state index contributed by atoms with van der Waals surface area (Å²) in [5.41, 5.74) is 3.69. The van der Waals surface area contributed by atoms with E-state index < -0.39 is 0 Å². The van der Waals surface area contributed by atoms with E-state index in [2.05, 4.69) is 5.92 Å². The van der Waals surface area contributed by atoms with Crippen LogP contribution >= 0.6 is 11.6 Å². The van der Waals surface area contributed by atoms with Gasteiger partial charge in [-0.1, -0.05) is 55.0 Å². The van der Waals surface area contributed by atoms with Crippen molar-refractivity contribution in [1.29, 1.82) is 0 Å². The molecule has 1 nitrogen and oxygen atoms in total. The number of unbranched alkanes of at least 4 members (excludes halogenated alkanes) is 1. The Kier molecular flexibility index (Phi) is 4.84. The molecule has 0 saturated carbocycles. The molecule has 0 radical (unpaired) electrons. The van der Waals surface area contributed by atoms with Crippen LogP contribution in [0.1, 0.15) is 52.2 Å². The Balaban J connectivity index is 2.07. The molecule has 116 valence electrons. The maximum Gasteiger partial charge on any atom is 0.193 e. The van der Waals surface area contributed by atoms with Crippen LogP contribution in [0.3, 0.4) is 0 Å². The van der Waals surface area contributed by atoms with Crippen LogP contribution in [0.2, 0.25) is 0 Å². The Bertz CT molecular complexity index is 707. The first-order chi connectivity index (χ1) is 11.3. The van der Waals surface area contributed by atoms with Crippen molar-refractivity contribution in [3.8, 4) is 12.3 Å². The Morgan fingerprint density at radius 1 is 1.00 bits per heavy atom. The smallest absolute Gasteiger partial charge is 0.193 e. The molecule has 0 bridgehead atoms. The SMILES string of the molecule is C#CC(CCCCCl)C1c2ccccc2C(=O)c2ccccc21. The number of ketones is 1. The Hall–Kier alpha value is -2.04. The van der Waals surface area contributed by atoms with Gasteiger partial charge in [-0.3, -0.25) is 4.79 Å². The van der Waals surface area contributed by atoms with Gasteiger partial charge in [0.25, 0.3) is 0 Å². The molecule has 0 saturated heterocycles. The van der Waals surface area contributed by atoms with E-state index in [0.29, 0.717) is 5.88 Å². The summed E-state index contributed by atoms with van der Waals surface area (Å²) in [7, 11) is 0. The summed E-state index contributed by atoms with van der Waals surface area (Å²) in [6.45, 7) is 0. The number of terminal acetylenes is 1. The second kappa shape index (κ2) is 7.02. The van der Waals surface area contributed by atoms with Gasteiger partial charge < -0.3 is 0 Å². The van der Waals surface area contributed by atoms with E-state index in [1.807, 2.05) is 48.5 Å². The first-order valence-corrected chi connectivity index (χ1v) is 8.56. The third-order valence-corrected chi connectivity index (χ3v) is 4.86. The average molecular weight is 323 g/mol. The van der Waals surface area contributed by atoms with Crippen LogP contribution in [-0.2, 0) is 0 Å². The lowest BCUT2D eigenvalue weighted by Gasteiger charge is -2.31. The number of alkyl halides is 1. The summed E-state index contributed by atoms with van der Waals surface area (Å²) < 4.78 is 0. The second-order valence-electron chi connectivity index (χ2n) is 5.94. The van der Waals surface area contributed by atoms with Crippen molar-refractivity contribution >= 4 is 17.4 Å². The van der Waals surface area contributed by atoms with Gasteiger partial charge in [-0.05, 0) is 24.0 Å². The highest BCUT2D eigenvalue weighted by molar-refractivity contribution is 6.17. The maximum atomic E-state index is 12.8. The zero-order valence-corrected chi connectivity index (χ0v) is 13.7. The number of hydrogen-bond acceptors (Lipinski definition) is 1. The monoisotopic (exact) mass is 322 g/mol. The highest BCUT2D eigenvalue weighted by Crippen LogP contribution is 2.42. The Labute approximate surface area is 142 Å². The number of hydrogen-bond donors (Lipinski definition) is 0. The zero-order valence-electron chi connectivity index (χ0n) is 13.0. The van der Waals surface area contributed by atoms with E-state index in [9.17, 15) is 4.79 Å². The molecule has 0 aliphatic heterocycles. The largest absolute Gasteiger partial charge is 0.289 e. The fourth-order valence-corrected chi connectivity index (χ4v) is 3.69. The van der Waals surface area contributed by atoms with Crippen molar-refractivity contribution in [3.05, 3.63) is 70.8 Å². The highest BCUT2D eigenvalue weighted by atomic mass is 35.5. The molecule has 0 fully saturated rings. The van der Waals surface area contributed by atoms with Gasteiger partial charge in [0.05, 0.1) is 0 Å². The number of halogens is 1. The topological polar surface area (TPSA) is 17.1 Å². The number of carbonyl (C=O) groups excluding carboxylic acids is 1. The minimum absolute atomic E-state index is 0.0774. The van der Waals surface area contributed by atoms with Crippen LogP contribution in [0.5, 0.6) is 0 Å². The van der Waals surface area contributed by atoms with Gasteiger partial charge in [0.15, 0.2) is 5.78 Å². The first-order valence-electron chi connectivity index (χ1n) is 8.02. The van der Waals surface area contributed by atoms with Gasteiger partial charge in [0, 0.05) is 28.8 Å². The number of carbonyl (C=O) groups is 1. The van der Waals surface area contributed by atoms with Crippen LogP contribution in [0.25, 0.3) is 0 Å². The summed E-state index contributed by atoms with van der Waals surface area (Å²) in [5, 5.41) is 0. The van der Waals surface area contributed by atoms with Gasteiger partial charge in [-0.15, -0.1) is 23.9 Å². The predicted molar refractivity (Wildman–Crippen MR) is 95.1 cm³/mol.